The molecule has 29 heavy (non-hydrogen) atoms. The molecule has 0 bridgehead atoms. The largest absolute Gasteiger partial charge is 0.496 e. The predicted octanol–water partition coefficient (Wildman–Crippen LogP) is 2.23. The van der Waals surface area contributed by atoms with Crippen molar-refractivity contribution in [2.24, 2.45) is 0 Å². The minimum atomic E-state index is -0.760. The number of ether oxygens (including phenoxy) is 4. The van der Waals surface area contributed by atoms with Crippen LogP contribution in [0, 0.1) is 0 Å². The smallest absolute Gasteiger partial charge is 0.331 e. The van der Waals surface area contributed by atoms with E-state index in [2.05, 4.69) is 5.32 Å². The van der Waals surface area contributed by atoms with Crippen molar-refractivity contribution in [2.45, 2.75) is 0 Å². The third kappa shape index (κ3) is 6.10. The van der Waals surface area contributed by atoms with Gasteiger partial charge in [-0.2, -0.15) is 0 Å². The van der Waals surface area contributed by atoms with Crippen LogP contribution in [0.3, 0.4) is 0 Å². The van der Waals surface area contributed by atoms with Crippen LogP contribution in [0.2, 0.25) is 0 Å². The van der Waals surface area contributed by atoms with Gasteiger partial charge < -0.3 is 18.9 Å². The summed E-state index contributed by atoms with van der Waals surface area (Å²) in [7, 11) is 4.46. The Morgan fingerprint density at radius 1 is 0.897 bits per heavy atom. The van der Waals surface area contributed by atoms with Crippen LogP contribution in [-0.4, -0.2) is 45.7 Å². The molecular formula is C21H21NO7. The van der Waals surface area contributed by atoms with Gasteiger partial charge in [-0.15, -0.1) is 0 Å². The first-order chi connectivity index (χ1) is 14.0. The quantitative estimate of drug-likeness (QED) is 0.537. The van der Waals surface area contributed by atoms with E-state index in [1.54, 1.807) is 42.5 Å². The topological polar surface area (TPSA) is 100 Å². The summed E-state index contributed by atoms with van der Waals surface area (Å²) >= 11 is 0. The fourth-order valence-corrected chi connectivity index (χ4v) is 2.35. The van der Waals surface area contributed by atoms with E-state index in [-0.39, 0.29) is 0 Å². The number of esters is 1. The van der Waals surface area contributed by atoms with Crippen molar-refractivity contribution in [2.75, 3.05) is 27.9 Å². The molecule has 0 saturated carbocycles. The lowest BCUT2D eigenvalue weighted by atomic mass is 10.1. The third-order valence-corrected chi connectivity index (χ3v) is 3.77. The van der Waals surface area contributed by atoms with Crippen molar-refractivity contribution in [3.63, 3.8) is 0 Å². The van der Waals surface area contributed by atoms with Crippen LogP contribution in [0.5, 0.6) is 17.2 Å². The minimum absolute atomic E-state index is 0.327. The fraction of sp³-hybridized carbons (Fsp3) is 0.190. The summed E-state index contributed by atoms with van der Waals surface area (Å²) in [5.74, 6) is -0.674. The molecule has 0 aliphatic rings. The molecule has 1 N–H and O–H groups in total. The fourth-order valence-electron chi connectivity index (χ4n) is 2.35. The zero-order valence-electron chi connectivity index (χ0n) is 16.3. The molecule has 8 nitrogen and oxygen atoms in total. The van der Waals surface area contributed by atoms with Crippen molar-refractivity contribution in [3.8, 4) is 17.2 Å². The van der Waals surface area contributed by atoms with Gasteiger partial charge >= 0.3 is 5.97 Å². The number of amides is 2. The van der Waals surface area contributed by atoms with Crippen LogP contribution in [0.15, 0.2) is 48.5 Å². The maximum atomic E-state index is 11.9. The van der Waals surface area contributed by atoms with Crippen molar-refractivity contribution in [3.05, 3.63) is 59.7 Å². The zero-order valence-corrected chi connectivity index (χ0v) is 16.3. The normalized spacial score (nSPS) is 10.3. The van der Waals surface area contributed by atoms with Gasteiger partial charge in [0.15, 0.2) is 18.1 Å². The summed E-state index contributed by atoms with van der Waals surface area (Å²) in [4.78, 5) is 35.5. The van der Waals surface area contributed by atoms with E-state index in [0.717, 1.165) is 6.08 Å². The molecular weight excluding hydrogens is 378 g/mol. The molecule has 8 heteroatoms. The Morgan fingerprint density at radius 2 is 1.52 bits per heavy atom. The van der Waals surface area contributed by atoms with E-state index in [1.165, 1.54) is 27.4 Å². The number of carbonyl (C=O) groups is 3. The average Bonchev–Trinajstić information content (AvgIpc) is 2.76. The lowest BCUT2D eigenvalue weighted by molar-refractivity contribution is -0.143. The van der Waals surface area contributed by atoms with Gasteiger partial charge in [-0.3, -0.25) is 14.9 Å². The average molecular weight is 399 g/mol. The highest BCUT2D eigenvalue weighted by Crippen LogP contribution is 2.35. The molecule has 0 aliphatic carbocycles. The molecule has 0 radical (unpaired) electrons. The van der Waals surface area contributed by atoms with Crippen LogP contribution in [0.1, 0.15) is 15.9 Å². The maximum absolute atomic E-state index is 11.9. The van der Waals surface area contributed by atoms with Gasteiger partial charge in [0, 0.05) is 23.3 Å². The molecule has 0 aliphatic heterocycles. The first-order valence-electron chi connectivity index (χ1n) is 8.52. The van der Waals surface area contributed by atoms with E-state index in [4.69, 9.17) is 18.9 Å². The molecule has 0 unspecified atom stereocenters. The lowest BCUT2D eigenvalue weighted by Gasteiger charge is -2.12. The van der Waals surface area contributed by atoms with Gasteiger partial charge in [0.1, 0.15) is 5.75 Å². The van der Waals surface area contributed by atoms with Gasteiger partial charge in [-0.1, -0.05) is 18.2 Å². The number of carbonyl (C=O) groups excluding carboxylic acids is 3. The number of benzene rings is 2. The van der Waals surface area contributed by atoms with Gasteiger partial charge in [0.05, 0.1) is 21.3 Å². The van der Waals surface area contributed by atoms with Gasteiger partial charge in [-0.25, -0.2) is 4.79 Å². The highest BCUT2D eigenvalue weighted by molar-refractivity contribution is 6.05. The molecule has 0 fully saturated rings. The second-order valence-corrected chi connectivity index (χ2v) is 5.63. The molecule has 2 aromatic rings. The molecule has 0 atom stereocenters. The Hall–Kier alpha value is -3.81. The Labute approximate surface area is 168 Å². The SMILES string of the molecule is COc1cc(OC)c(OC)cc1/C=C/C(=O)OCC(=O)NC(=O)c1ccccc1. The number of hydrogen-bond donors (Lipinski definition) is 1. The number of hydrogen-bond acceptors (Lipinski definition) is 7. The molecule has 2 rings (SSSR count). The summed E-state index contributed by atoms with van der Waals surface area (Å²) in [5.41, 5.74) is 0.874. The highest BCUT2D eigenvalue weighted by atomic mass is 16.5. The Morgan fingerprint density at radius 3 is 2.14 bits per heavy atom. The maximum Gasteiger partial charge on any atom is 0.331 e. The van der Waals surface area contributed by atoms with Crippen molar-refractivity contribution >= 4 is 23.9 Å². The van der Waals surface area contributed by atoms with Crippen molar-refractivity contribution < 1.29 is 33.3 Å². The Bertz CT molecular complexity index is 907. The lowest BCUT2D eigenvalue weighted by Crippen LogP contribution is -2.33. The first kappa shape index (κ1) is 21.5. The molecule has 0 spiro atoms. The molecule has 0 saturated heterocycles. The number of methoxy groups -OCH3 is 3. The van der Waals surface area contributed by atoms with Gasteiger partial charge in [0.2, 0.25) is 0 Å². The van der Waals surface area contributed by atoms with Crippen LogP contribution >= 0.6 is 0 Å². The van der Waals surface area contributed by atoms with E-state index >= 15 is 0 Å². The number of imide groups is 1. The minimum Gasteiger partial charge on any atom is -0.496 e. The first-order valence-corrected chi connectivity index (χ1v) is 8.52. The highest BCUT2D eigenvalue weighted by Gasteiger charge is 2.13. The summed E-state index contributed by atoms with van der Waals surface area (Å²) in [6.45, 7) is -0.592. The number of rotatable bonds is 8. The van der Waals surface area contributed by atoms with Crippen LogP contribution in [-0.2, 0) is 14.3 Å². The molecule has 2 amide bonds. The van der Waals surface area contributed by atoms with E-state index in [9.17, 15) is 14.4 Å². The Balaban J connectivity index is 1.94. The summed E-state index contributed by atoms with van der Waals surface area (Å²) < 4.78 is 20.5. The second kappa shape index (κ2) is 10.5. The molecule has 0 aromatic heterocycles. The predicted molar refractivity (Wildman–Crippen MR) is 105 cm³/mol. The van der Waals surface area contributed by atoms with E-state index in [0.29, 0.717) is 28.4 Å². The van der Waals surface area contributed by atoms with Crippen LogP contribution < -0.4 is 19.5 Å². The zero-order chi connectivity index (χ0) is 21.2. The Kier molecular flexibility index (Phi) is 7.78. The van der Waals surface area contributed by atoms with E-state index < -0.39 is 24.4 Å². The number of nitrogens with one attached hydrogen (secondary N) is 1. The van der Waals surface area contributed by atoms with Crippen molar-refractivity contribution in [1.82, 2.24) is 5.32 Å². The van der Waals surface area contributed by atoms with Gasteiger partial charge in [0.25, 0.3) is 11.8 Å². The molecule has 2 aromatic carbocycles. The van der Waals surface area contributed by atoms with Crippen LogP contribution in [0.25, 0.3) is 6.08 Å². The summed E-state index contributed by atoms with van der Waals surface area (Å²) in [5, 5.41) is 2.14. The van der Waals surface area contributed by atoms with E-state index in [1.807, 2.05) is 0 Å². The molecule has 0 heterocycles. The summed E-state index contributed by atoms with van der Waals surface area (Å²) in [6, 6.07) is 11.5. The third-order valence-electron chi connectivity index (χ3n) is 3.77. The second-order valence-electron chi connectivity index (χ2n) is 5.63. The van der Waals surface area contributed by atoms with Crippen molar-refractivity contribution in [1.29, 1.82) is 0 Å². The summed E-state index contributed by atoms with van der Waals surface area (Å²) in [6.07, 6.45) is 2.59. The van der Waals surface area contributed by atoms with Gasteiger partial charge in [-0.05, 0) is 24.3 Å². The van der Waals surface area contributed by atoms with Crippen LogP contribution in [0.4, 0.5) is 0 Å². The monoisotopic (exact) mass is 399 g/mol. The molecule has 152 valence electrons. The standard InChI is InChI=1S/C21H21NO7/c1-26-16-12-18(28-3)17(27-2)11-15(16)9-10-20(24)29-13-19(23)22-21(25)14-7-5-4-6-8-14/h4-12H,13H2,1-3H3,(H,22,23,25)/b10-9+.